The van der Waals surface area contributed by atoms with E-state index in [1.165, 1.54) is 7.11 Å². The number of carbonyl (C=O) groups excluding carboxylic acids is 2. The van der Waals surface area contributed by atoms with E-state index in [0.717, 1.165) is 5.56 Å². The molecule has 116 valence electrons. The molecule has 21 heavy (non-hydrogen) atoms. The van der Waals surface area contributed by atoms with Crippen LogP contribution in [0.3, 0.4) is 0 Å². The number of rotatable bonds is 7. The lowest BCUT2D eigenvalue weighted by molar-refractivity contribution is -0.147. The van der Waals surface area contributed by atoms with Crippen LogP contribution in [0.1, 0.15) is 25.8 Å². The van der Waals surface area contributed by atoms with Crippen LogP contribution >= 0.6 is 0 Å². The number of hydrogen-bond donors (Lipinski definition) is 2. The Morgan fingerprint density at radius 2 is 1.86 bits per heavy atom. The minimum Gasteiger partial charge on any atom is -0.467 e. The molecule has 2 atom stereocenters. The summed E-state index contributed by atoms with van der Waals surface area (Å²) in [5.74, 6) is -1.16. The van der Waals surface area contributed by atoms with Crippen molar-refractivity contribution in [3.05, 3.63) is 35.9 Å². The average Bonchev–Trinajstić information content (AvgIpc) is 2.49. The first kappa shape index (κ1) is 17.2. The second-order valence-electron chi connectivity index (χ2n) is 5.29. The summed E-state index contributed by atoms with van der Waals surface area (Å²) in [5, 5.41) is 12.4. The SMILES string of the molecule is COC(=O)[C@@H](NC(=O)C(O)CCc1ccccc1)C(C)C. The molecule has 0 saturated carbocycles. The van der Waals surface area contributed by atoms with Gasteiger partial charge < -0.3 is 15.2 Å². The standard InChI is InChI=1S/C16H23NO4/c1-11(2)14(16(20)21-3)17-15(19)13(18)10-9-12-7-5-4-6-8-12/h4-8,11,13-14,18H,9-10H2,1-3H3,(H,17,19)/t13?,14-/m0/s1. The number of aliphatic hydroxyl groups is 1. The number of aliphatic hydroxyl groups excluding tert-OH is 1. The molecule has 1 amide bonds. The van der Waals surface area contributed by atoms with Crippen LogP contribution in [0.15, 0.2) is 30.3 Å². The van der Waals surface area contributed by atoms with E-state index in [2.05, 4.69) is 10.1 Å². The van der Waals surface area contributed by atoms with Crippen LogP contribution in [0.25, 0.3) is 0 Å². The van der Waals surface area contributed by atoms with Gasteiger partial charge in [-0.25, -0.2) is 4.79 Å². The van der Waals surface area contributed by atoms with Gasteiger partial charge >= 0.3 is 5.97 Å². The monoisotopic (exact) mass is 293 g/mol. The molecule has 0 saturated heterocycles. The molecule has 2 N–H and O–H groups in total. The number of methoxy groups -OCH3 is 1. The third-order valence-electron chi connectivity index (χ3n) is 3.27. The fraction of sp³-hybridized carbons (Fsp3) is 0.500. The molecular formula is C16H23NO4. The number of benzene rings is 1. The third-order valence-corrected chi connectivity index (χ3v) is 3.27. The Balaban J connectivity index is 2.51. The molecular weight excluding hydrogens is 270 g/mol. The van der Waals surface area contributed by atoms with Gasteiger partial charge in [0, 0.05) is 0 Å². The Hall–Kier alpha value is -1.88. The zero-order valence-electron chi connectivity index (χ0n) is 12.7. The second kappa shape index (κ2) is 8.42. The number of esters is 1. The van der Waals surface area contributed by atoms with Gasteiger partial charge in [0.05, 0.1) is 7.11 Å². The smallest absolute Gasteiger partial charge is 0.328 e. The molecule has 1 aromatic carbocycles. The van der Waals surface area contributed by atoms with E-state index in [-0.39, 0.29) is 5.92 Å². The maximum atomic E-state index is 11.9. The zero-order chi connectivity index (χ0) is 15.8. The number of amides is 1. The summed E-state index contributed by atoms with van der Waals surface area (Å²) in [6, 6.07) is 8.87. The molecule has 1 unspecified atom stereocenters. The van der Waals surface area contributed by atoms with Gasteiger partial charge in [-0.1, -0.05) is 44.2 Å². The molecule has 0 bridgehead atoms. The topological polar surface area (TPSA) is 75.6 Å². The van der Waals surface area contributed by atoms with Crippen molar-refractivity contribution in [1.29, 1.82) is 0 Å². The van der Waals surface area contributed by atoms with Gasteiger partial charge in [-0.3, -0.25) is 4.79 Å². The third kappa shape index (κ3) is 5.55. The van der Waals surface area contributed by atoms with Gasteiger partial charge in [0.15, 0.2) is 0 Å². The molecule has 0 radical (unpaired) electrons. The number of nitrogens with one attached hydrogen (secondary N) is 1. The van der Waals surface area contributed by atoms with Crippen molar-refractivity contribution in [3.63, 3.8) is 0 Å². The highest BCUT2D eigenvalue weighted by atomic mass is 16.5. The molecule has 0 aliphatic heterocycles. The van der Waals surface area contributed by atoms with E-state index in [1.807, 2.05) is 30.3 Å². The summed E-state index contributed by atoms with van der Waals surface area (Å²) in [4.78, 5) is 23.5. The Labute approximate surface area is 125 Å². The number of aryl methyl sites for hydroxylation is 1. The summed E-state index contributed by atoms with van der Waals surface area (Å²) in [6.45, 7) is 3.61. The van der Waals surface area contributed by atoms with Gasteiger partial charge in [-0.05, 0) is 24.3 Å². The van der Waals surface area contributed by atoms with Crippen molar-refractivity contribution in [2.45, 2.75) is 38.8 Å². The Morgan fingerprint density at radius 1 is 1.24 bits per heavy atom. The molecule has 0 aliphatic carbocycles. The van der Waals surface area contributed by atoms with Crippen molar-refractivity contribution >= 4 is 11.9 Å². The maximum absolute atomic E-state index is 11.9. The Kier molecular flexibility index (Phi) is 6.88. The van der Waals surface area contributed by atoms with E-state index in [9.17, 15) is 14.7 Å². The summed E-state index contributed by atoms with van der Waals surface area (Å²) in [6.07, 6.45) is -0.238. The lowest BCUT2D eigenvalue weighted by atomic mass is 10.0. The molecule has 5 heteroatoms. The van der Waals surface area contributed by atoms with Crippen molar-refractivity contribution in [2.24, 2.45) is 5.92 Å². The fourth-order valence-electron chi connectivity index (χ4n) is 1.95. The highest BCUT2D eigenvalue weighted by molar-refractivity contribution is 5.86. The van der Waals surface area contributed by atoms with Gasteiger partial charge in [0.2, 0.25) is 5.91 Å². The van der Waals surface area contributed by atoms with E-state index in [4.69, 9.17) is 0 Å². The van der Waals surface area contributed by atoms with E-state index in [1.54, 1.807) is 13.8 Å². The van der Waals surface area contributed by atoms with Crippen LogP contribution in [0, 0.1) is 5.92 Å². The Morgan fingerprint density at radius 3 is 2.38 bits per heavy atom. The van der Waals surface area contributed by atoms with Crippen LogP contribution in [0.2, 0.25) is 0 Å². The maximum Gasteiger partial charge on any atom is 0.328 e. The molecule has 0 spiro atoms. The zero-order valence-corrected chi connectivity index (χ0v) is 12.7. The second-order valence-corrected chi connectivity index (χ2v) is 5.29. The van der Waals surface area contributed by atoms with Gasteiger partial charge in [-0.2, -0.15) is 0 Å². The molecule has 0 heterocycles. The summed E-state index contributed by atoms with van der Waals surface area (Å²) in [7, 11) is 1.27. The molecule has 0 aliphatic rings. The highest BCUT2D eigenvalue weighted by Crippen LogP contribution is 2.07. The predicted octanol–water partition coefficient (Wildman–Crippen LogP) is 1.29. The van der Waals surface area contributed by atoms with Crippen molar-refractivity contribution < 1.29 is 19.4 Å². The van der Waals surface area contributed by atoms with Crippen molar-refractivity contribution in [1.82, 2.24) is 5.32 Å². The van der Waals surface area contributed by atoms with E-state index in [0.29, 0.717) is 12.8 Å². The molecule has 1 rings (SSSR count). The van der Waals surface area contributed by atoms with Crippen LogP contribution in [-0.2, 0) is 20.7 Å². The van der Waals surface area contributed by atoms with Crippen LogP contribution in [0.5, 0.6) is 0 Å². The molecule has 0 aromatic heterocycles. The van der Waals surface area contributed by atoms with Crippen molar-refractivity contribution in [3.8, 4) is 0 Å². The summed E-state index contributed by atoms with van der Waals surface area (Å²) < 4.78 is 4.65. The highest BCUT2D eigenvalue weighted by Gasteiger charge is 2.27. The summed E-state index contributed by atoms with van der Waals surface area (Å²) >= 11 is 0. The van der Waals surface area contributed by atoms with E-state index >= 15 is 0 Å². The minimum atomic E-state index is -1.14. The van der Waals surface area contributed by atoms with Gasteiger partial charge in [-0.15, -0.1) is 0 Å². The normalized spacial score (nSPS) is 13.6. The van der Waals surface area contributed by atoms with Crippen LogP contribution in [-0.4, -0.2) is 36.2 Å². The minimum absolute atomic E-state index is 0.109. The predicted molar refractivity (Wildman–Crippen MR) is 79.6 cm³/mol. The quantitative estimate of drug-likeness (QED) is 0.743. The van der Waals surface area contributed by atoms with Gasteiger partial charge in [0.25, 0.3) is 0 Å². The number of hydrogen-bond acceptors (Lipinski definition) is 4. The molecule has 1 aromatic rings. The average molecular weight is 293 g/mol. The van der Waals surface area contributed by atoms with Crippen molar-refractivity contribution in [2.75, 3.05) is 7.11 Å². The fourth-order valence-corrected chi connectivity index (χ4v) is 1.95. The first-order valence-corrected chi connectivity index (χ1v) is 7.06. The first-order chi connectivity index (χ1) is 9.95. The number of carbonyl (C=O) groups is 2. The van der Waals surface area contributed by atoms with E-state index < -0.39 is 24.0 Å². The first-order valence-electron chi connectivity index (χ1n) is 7.06. The lowest BCUT2D eigenvalue weighted by Crippen LogP contribution is -2.48. The summed E-state index contributed by atoms with van der Waals surface area (Å²) in [5.41, 5.74) is 1.05. The Bertz CT molecular complexity index is 459. The van der Waals surface area contributed by atoms with Gasteiger partial charge in [0.1, 0.15) is 12.1 Å². The lowest BCUT2D eigenvalue weighted by Gasteiger charge is -2.21. The molecule has 5 nitrogen and oxygen atoms in total. The number of ether oxygens (including phenoxy) is 1. The van der Waals surface area contributed by atoms with Crippen LogP contribution in [0.4, 0.5) is 0 Å². The molecule has 0 fully saturated rings. The largest absolute Gasteiger partial charge is 0.467 e. The van der Waals surface area contributed by atoms with Crippen LogP contribution < -0.4 is 5.32 Å².